The van der Waals surface area contributed by atoms with Crippen molar-refractivity contribution in [1.82, 2.24) is 5.32 Å². The Morgan fingerprint density at radius 2 is 2.00 bits per heavy atom. The van der Waals surface area contributed by atoms with E-state index in [9.17, 15) is 4.39 Å². The van der Waals surface area contributed by atoms with Crippen molar-refractivity contribution in [2.45, 2.75) is 13.0 Å². The van der Waals surface area contributed by atoms with Crippen LogP contribution in [0.5, 0.6) is 0 Å². The molecule has 0 aliphatic carbocycles. The number of benzene rings is 1. The summed E-state index contributed by atoms with van der Waals surface area (Å²) in [5.74, 6) is -0.442. The van der Waals surface area contributed by atoms with Gasteiger partial charge in [-0.3, -0.25) is 0 Å². The van der Waals surface area contributed by atoms with E-state index in [0.29, 0.717) is 10.6 Å². The maximum absolute atomic E-state index is 13.0. The summed E-state index contributed by atoms with van der Waals surface area (Å²) < 4.78 is 13.0. The molecule has 0 aromatic heterocycles. The third-order valence-electron chi connectivity index (χ3n) is 1.95. The van der Waals surface area contributed by atoms with E-state index in [1.807, 2.05) is 6.92 Å². The van der Waals surface area contributed by atoms with Crippen LogP contribution in [0.2, 0.25) is 10.0 Å². The molecule has 13 heavy (non-hydrogen) atoms. The molecule has 0 bridgehead atoms. The Morgan fingerprint density at radius 3 is 2.54 bits per heavy atom. The van der Waals surface area contributed by atoms with Crippen LogP contribution in [-0.2, 0) is 0 Å². The van der Waals surface area contributed by atoms with Crippen molar-refractivity contribution in [1.29, 1.82) is 0 Å². The SMILES string of the molecule is CN[C@@H](C)c1c(Cl)ccc(F)c1Cl. The van der Waals surface area contributed by atoms with E-state index in [-0.39, 0.29) is 11.1 Å². The molecular formula is C9H10Cl2FN. The van der Waals surface area contributed by atoms with Crippen LogP contribution < -0.4 is 5.32 Å². The van der Waals surface area contributed by atoms with Gasteiger partial charge in [0.2, 0.25) is 0 Å². The maximum Gasteiger partial charge on any atom is 0.142 e. The Bertz CT molecular complexity index is 315. The van der Waals surface area contributed by atoms with Crippen molar-refractivity contribution in [3.8, 4) is 0 Å². The van der Waals surface area contributed by atoms with Crippen LogP contribution >= 0.6 is 23.2 Å². The predicted octanol–water partition coefficient (Wildman–Crippen LogP) is 3.41. The highest BCUT2D eigenvalue weighted by molar-refractivity contribution is 6.36. The minimum atomic E-state index is -0.442. The summed E-state index contributed by atoms with van der Waals surface area (Å²) in [4.78, 5) is 0. The van der Waals surface area contributed by atoms with Gasteiger partial charge in [0, 0.05) is 16.6 Å². The number of nitrogens with one attached hydrogen (secondary N) is 1. The molecule has 4 heteroatoms. The molecule has 0 heterocycles. The van der Waals surface area contributed by atoms with Gasteiger partial charge >= 0.3 is 0 Å². The number of rotatable bonds is 2. The van der Waals surface area contributed by atoms with E-state index in [2.05, 4.69) is 5.32 Å². The molecule has 1 nitrogen and oxygen atoms in total. The molecular weight excluding hydrogens is 212 g/mol. The minimum Gasteiger partial charge on any atom is -0.313 e. The van der Waals surface area contributed by atoms with Gasteiger partial charge in [-0.1, -0.05) is 23.2 Å². The summed E-state index contributed by atoms with van der Waals surface area (Å²) in [6.45, 7) is 1.87. The predicted molar refractivity (Wildman–Crippen MR) is 53.9 cm³/mol. The van der Waals surface area contributed by atoms with Crippen molar-refractivity contribution >= 4 is 23.2 Å². The third kappa shape index (κ3) is 2.13. The highest BCUT2D eigenvalue weighted by Gasteiger charge is 2.15. The van der Waals surface area contributed by atoms with Gasteiger partial charge in [0.25, 0.3) is 0 Å². The molecule has 1 N–H and O–H groups in total. The van der Waals surface area contributed by atoms with E-state index in [1.54, 1.807) is 7.05 Å². The molecule has 1 rings (SSSR count). The fourth-order valence-corrected chi connectivity index (χ4v) is 1.78. The van der Waals surface area contributed by atoms with Crippen LogP contribution in [0.3, 0.4) is 0 Å². The van der Waals surface area contributed by atoms with Crippen LogP contribution in [0.15, 0.2) is 12.1 Å². The topological polar surface area (TPSA) is 12.0 Å². The van der Waals surface area contributed by atoms with Crippen LogP contribution in [0.4, 0.5) is 4.39 Å². The molecule has 0 aliphatic heterocycles. The van der Waals surface area contributed by atoms with Crippen LogP contribution in [0.25, 0.3) is 0 Å². The number of hydrogen-bond donors (Lipinski definition) is 1. The Morgan fingerprint density at radius 1 is 1.38 bits per heavy atom. The first-order valence-electron chi connectivity index (χ1n) is 3.88. The van der Waals surface area contributed by atoms with Crippen LogP contribution in [0.1, 0.15) is 18.5 Å². The van der Waals surface area contributed by atoms with Gasteiger partial charge in [0.05, 0.1) is 5.02 Å². The largest absolute Gasteiger partial charge is 0.313 e. The van der Waals surface area contributed by atoms with Gasteiger partial charge in [0.15, 0.2) is 0 Å². The van der Waals surface area contributed by atoms with Crippen LogP contribution in [0, 0.1) is 5.82 Å². The van der Waals surface area contributed by atoms with E-state index >= 15 is 0 Å². The summed E-state index contributed by atoms with van der Waals surface area (Å²) in [7, 11) is 1.77. The average molecular weight is 222 g/mol. The molecule has 0 amide bonds. The van der Waals surface area contributed by atoms with Crippen molar-refractivity contribution < 1.29 is 4.39 Å². The van der Waals surface area contributed by atoms with Crippen molar-refractivity contribution in [3.05, 3.63) is 33.6 Å². The molecule has 0 aliphatic rings. The lowest BCUT2D eigenvalue weighted by Gasteiger charge is -2.14. The van der Waals surface area contributed by atoms with Gasteiger partial charge in [-0.15, -0.1) is 0 Å². The van der Waals surface area contributed by atoms with Gasteiger partial charge in [-0.05, 0) is 26.1 Å². The van der Waals surface area contributed by atoms with E-state index in [0.717, 1.165) is 0 Å². The van der Waals surface area contributed by atoms with Gasteiger partial charge in [-0.25, -0.2) is 4.39 Å². The van der Waals surface area contributed by atoms with E-state index in [1.165, 1.54) is 12.1 Å². The Balaban J connectivity index is 3.25. The Kier molecular flexibility index (Phi) is 3.54. The zero-order valence-corrected chi connectivity index (χ0v) is 8.88. The maximum atomic E-state index is 13.0. The molecule has 0 fully saturated rings. The van der Waals surface area contributed by atoms with E-state index in [4.69, 9.17) is 23.2 Å². The van der Waals surface area contributed by atoms with Crippen molar-refractivity contribution in [2.75, 3.05) is 7.05 Å². The third-order valence-corrected chi connectivity index (χ3v) is 2.66. The second-order valence-electron chi connectivity index (χ2n) is 2.77. The number of halogens is 3. The summed E-state index contributed by atoms with van der Waals surface area (Å²) in [6, 6.07) is 2.71. The first kappa shape index (κ1) is 10.8. The monoisotopic (exact) mass is 221 g/mol. The first-order valence-corrected chi connectivity index (χ1v) is 4.64. The lowest BCUT2D eigenvalue weighted by Crippen LogP contribution is -2.13. The highest BCUT2D eigenvalue weighted by Crippen LogP contribution is 2.31. The van der Waals surface area contributed by atoms with Gasteiger partial charge in [-0.2, -0.15) is 0 Å². The molecule has 0 saturated heterocycles. The number of hydrogen-bond acceptors (Lipinski definition) is 1. The first-order chi connectivity index (χ1) is 6.07. The lowest BCUT2D eigenvalue weighted by atomic mass is 10.1. The summed E-state index contributed by atoms with van der Waals surface area (Å²) in [5.41, 5.74) is 0.603. The molecule has 0 unspecified atom stereocenters. The molecule has 1 aromatic carbocycles. The van der Waals surface area contributed by atoms with Gasteiger partial charge < -0.3 is 5.32 Å². The summed E-state index contributed by atoms with van der Waals surface area (Å²) in [5, 5.41) is 3.53. The fraction of sp³-hybridized carbons (Fsp3) is 0.333. The molecule has 0 spiro atoms. The zero-order valence-electron chi connectivity index (χ0n) is 7.37. The summed E-state index contributed by atoms with van der Waals surface area (Å²) >= 11 is 11.7. The molecule has 0 radical (unpaired) electrons. The highest BCUT2D eigenvalue weighted by atomic mass is 35.5. The quantitative estimate of drug-likeness (QED) is 0.756. The molecule has 1 atom stereocenters. The molecule has 1 aromatic rings. The molecule has 72 valence electrons. The smallest absolute Gasteiger partial charge is 0.142 e. The van der Waals surface area contributed by atoms with Crippen molar-refractivity contribution in [3.63, 3.8) is 0 Å². The summed E-state index contributed by atoms with van der Waals surface area (Å²) in [6.07, 6.45) is 0. The van der Waals surface area contributed by atoms with Crippen molar-refractivity contribution in [2.24, 2.45) is 0 Å². The van der Waals surface area contributed by atoms with E-state index < -0.39 is 5.82 Å². The second-order valence-corrected chi connectivity index (χ2v) is 3.55. The van der Waals surface area contributed by atoms with Crippen LogP contribution in [-0.4, -0.2) is 7.05 Å². The standard InChI is InChI=1S/C9H10Cl2FN/c1-5(13-2)8-6(10)3-4-7(12)9(8)11/h3-5,13H,1-2H3/t5-/m0/s1. The lowest BCUT2D eigenvalue weighted by molar-refractivity contribution is 0.609. The molecule has 0 saturated carbocycles. The minimum absolute atomic E-state index is 0.0595. The zero-order chi connectivity index (χ0) is 10.0. The van der Waals surface area contributed by atoms with Gasteiger partial charge in [0.1, 0.15) is 5.82 Å². The average Bonchev–Trinajstić information content (AvgIpc) is 2.12. The Labute approximate surface area is 86.8 Å². The fourth-order valence-electron chi connectivity index (χ4n) is 1.08. The normalized spacial score (nSPS) is 13.0. The Hall–Kier alpha value is -0.310. The second kappa shape index (κ2) is 4.27.